The second kappa shape index (κ2) is 4.30. The third-order valence-corrected chi connectivity index (χ3v) is 4.50. The first-order valence-electron chi connectivity index (χ1n) is 6.90. The molecule has 2 rings (SSSR count). The van der Waals surface area contributed by atoms with Crippen molar-refractivity contribution < 1.29 is 4.74 Å². The highest BCUT2D eigenvalue weighted by atomic mass is 16.5. The Bertz CT molecular complexity index is 237. The molecule has 1 atom stereocenters. The van der Waals surface area contributed by atoms with E-state index in [1.807, 2.05) is 0 Å². The molecule has 1 unspecified atom stereocenters. The van der Waals surface area contributed by atoms with Crippen molar-refractivity contribution in [2.45, 2.75) is 65.0 Å². The summed E-state index contributed by atoms with van der Waals surface area (Å²) in [6.45, 7) is 11.3. The maximum absolute atomic E-state index is 6.17. The van der Waals surface area contributed by atoms with Crippen LogP contribution in [0.5, 0.6) is 0 Å². The van der Waals surface area contributed by atoms with Crippen LogP contribution in [0.3, 0.4) is 0 Å². The number of nitrogens with one attached hydrogen (secondary N) is 1. The Morgan fingerprint density at radius 1 is 1.25 bits per heavy atom. The molecule has 1 aliphatic heterocycles. The Balaban J connectivity index is 2.09. The smallest absolute Gasteiger partial charge is 0.0848 e. The largest absolute Gasteiger partial charge is 0.372 e. The van der Waals surface area contributed by atoms with E-state index in [0.29, 0.717) is 11.5 Å². The average Bonchev–Trinajstić information content (AvgIpc) is 2.19. The first-order valence-corrected chi connectivity index (χ1v) is 6.90. The van der Waals surface area contributed by atoms with Crippen LogP contribution < -0.4 is 5.32 Å². The van der Waals surface area contributed by atoms with Gasteiger partial charge in [-0.3, -0.25) is 0 Å². The van der Waals surface area contributed by atoms with Crippen LogP contribution in [0.15, 0.2) is 0 Å². The highest BCUT2D eigenvalue weighted by Gasteiger charge is 2.56. The Labute approximate surface area is 100 Å². The van der Waals surface area contributed by atoms with Crippen LogP contribution in [0.2, 0.25) is 0 Å². The zero-order valence-corrected chi connectivity index (χ0v) is 11.3. The van der Waals surface area contributed by atoms with Gasteiger partial charge in [-0.15, -0.1) is 0 Å². The Hall–Kier alpha value is -0.0800. The number of rotatable bonds is 3. The summed E-state index contributed by atoms with van der Waals surface area (Å²) in [5.74, 6) is 0.774. The molecule has 0 aromatic heterocycles. The molecule has 2 aliphatic rings. The zero-order valence-electron chi connectivity index (χ0n) is 11.3. The van der Waals surface area contributed by atoms with Gasteiger partial charge < -0.3 is 10.1 Å². The van der Waals surface area contributed by atoms with Crippen LogP contribution in [-0.4, -0.2) is 24.8 Å². The van der Waals surface area contributed by atoms with Crippen molar-refractivity contribution in [3.05, 3.63) is 0 Å². The molecule has 0 bridgehead atoms. The van der Waals surface area contributed by atoms with Gasteiger partial charge in [0.1, 0.15) is 0 Å². The minimum absolute atomic E-state index is 0.165. The van der Waals surface area contributed by atoms with E-state index in [1.54, 1.807) is 0 Å². The third kappa shape index (κ3) is 2.02. The minimum Gasteiger partial charge on any atom is -0.372 e. The van der Waals surface area contributed by atoms with Crippen LogP contribution in [0.25, 0.3) is 0 Å². The molecular formula is C14H27NO. The van der Waals surface area contributed by atoms with E-state index >= 15 is 0 Å². The van der Waals surface area contributed by atoms with Gasteiger partial charge in [-0.1, -0.05) is 40.5 Å². The van der Waals surface area contributed by atoms with E-state index < -0.39 is 0 Å². The molecule has 1 saturated carbocycles. The predicted octanol–water partition coefficient (Wildman–Crippen LogP) is 2.97. The van der Waals surface area contributed by atoms with Crippen LogP contribution in [0.1, 0.15) is 53.4 Å². The van der Waals surface area contributed by atoms with Gasteiger partial charge in [0.25, 0.3) is 0 Å². The summed E-state index contributed by atoms with van der Waals surface area (Å²) in [5.41, 5.74) is 0.655. The fourth-order valence-electron chi connectivity index (χ4n) is 3.99. The number of hydrogen-bond donors (Lipinski definition) is 1. The van der Waals surface area contributed by atoms with Crippen LogP contribution in [0.4, 0.5) is 0 Å². The van der Waals surface area contributed by atoms with Crippen LogP contribution in [-0.2, 0) is 4.74 Å². The fourth-order valence-corrected chi connectivity index (χ4v) is 3.99. The first-order chi connectivity index (χ1) is 7.53. The molecule has 1 heterocycles. The van der Waals surface area contributed by atoms with Gasteiger partial charge in [0.15, 0.2) is 0 Å². The van der Waals surface area contributed by atoms with Crippen molar-refractivity contribution >= 4 is 0 Å². The predicted molar refractivity (Wildman–Crippen MR) is 67.6 cm³/mol. The molecule has 0 radical (unpaired) electrons. The minimum atomic E-state index is 0.165. The highest BCUT2D eigenvalue weighted by molar-refractivity contribution is 5.10. The normalized spacial score (nSPS) is 31.7. The lowest BCUT2D eigenvalue weighted by molar-refractivity contribution is -0.203. The van der Waals surface area contributed by atoms with Gasteiger partial charge in [0.2, 0.25) is 0 Å². The lowest BCUT2D eigenvalue weighted by atomic mass is 9.56. The van der Waals surface area contributed by atoms with Crippen LogP contribution in [0, 0.1) is 11.3 Å². The van der Waals surface area contributed by atoms with Gasteiger partial charge in [-0.25, -0.2) is 0 Å². The number of hydrogen-bond acceptors (Lipinski definition) is 2. The summed E-state index contributed by atoms with van der Waals surface area (Å²) >= 11 is 0. The molecule has 1 spiro atoms. The second-order valence-electron chi connectivity index (χ2n) is 6.44. The average molecular weight is 225 g/mol. The SMILES string of the molecule is CCC(CC)C1NCCOC12CC(C)(C)C2. The molecule has 1 aliphatic carbocycles. The molecule has 0 aromatic rings. The lowest BCUT2D eigenvalue weighted by Gasteiger charge is -2.60. The third-order valence-electron chi connectivity index (χ3n) is 4.50. The quantitative estimate of drug-likeness (QED) is 0.797. The highest BCUT2D eigenvalue weighted by Crippen LogP contribution is 2.54. The Kier molecular flexibility index (Phi) is 3.33. The molecule has 94 valence electrons. The van der Waals surface area contributed by atoms with Gasteiger partial charge in [-0.05, 0) is 24.2 Å². The van der Waals surface area contributed by atoms with E-state index in [9.17, 15) is 0 Å². The lowest BCUT2D eigenvalue weighted by Crippen LogP contribution is -2.68. The molecule has 2 heteroatoms. The summed E-state index contributed by atoms with van der Waals surface area (Å²) in [6.07, 6.45) is 4.99. The van der Waals surface area contributed by atoms with Crippen molar-refractivity contribution in [3.63, 3.8) is 0 Å². The van der Waals surface area contributed by atoms with E-state index in [4.69, 9.17) is 4.74 Å². The zero-order chi connectivity index (χ0) is 11.8. The van der Waals surface area contributed by atoms with E-state index in [2.05, 4.69) is 33.0 Å². The van der Waals surface area contributed by atoms with Gasteiger partial charge >= 0.3 is 0 Å². The summed E-state index contributed by atoms with van der Waals surface area (Å²) in [5, 5.41) is 3.73. The Morgan fingerprint density at radius 3 is 2.38 bits per heavy atom. The van der Waals surface area contributed by atoms with Gasteiger partial charge in [0.05, 0.1) is 12.2 Å². The summed E-state index contributed by atoms with van der Waals surface area (Å²) in [6, 6.07) is 0.587. The summed E-state index contributed by atoms with van der Waals surface area (Å²) in [4.78, 5) is 0. The molecule has 2 fully saturated rings. The van der Waals surface area contributed by atoms with E-state index in [0.717, 1.165) is 19.1 Å². The Morgan fingerprint density at radius 2 is 1.88 bits per heavy atom. The standard InChI is InChI=1S/C14H27NO/c1-5-11(6-2)12-14(16-8-7-15-12)9-13(3,4)10-14/h11-12,15H,5-10H2,1-4H3. The van der Waals surface area contributed by atoms with Gasteiger partial charge in [0, 0.05) is 12.6 Å². The molecule has 2 nitrogen and oxygen atoms in total. The van der Waals surface area contributed by atoms with Crippen molar-refractivity contribution in [1.29, 1.82) is 0 Å². The van der Waals surface area contributed by atoms with E-state index in [1.165, 1.54) is 25.7 Å². The van der Waals surface area contributed by atoms with Crippen molar-refractivity contribution in [2.75, 3.05) is 13.2 Å². The summed E-state index contributed by atoms with van der Waals surface area (Å²) in [7, 11) is 0. The molecule has 0 amide bonds. The molecule has 0 aromatic carbocycles. The maximum atomic E-state index is 6.17. The number of ether oxygens (including phenoxy) is 1. The van der Waals surface area contributed by atoms with Crippen molar-refractivity contribution in [1.82, 2.24) is 5.32 Å². The molecule has 16 heavy (non-hydrogen) atoms. The van der Waals surface area contributed by atoms with Crippen molar-refractivity contribution in [3.8, 4) is 0 Å². The fraction of sp³-hybridized carbons (Fsp3) is 1.00. The molecule has 1 N–H and O–H groups in total. The molecule has 1 saturated heterocycles. The topological polar surface area (TPSA) is 21.3 Å². The molecular weight excluding hydrogens is 198 g/mol. The monoisotopic (exact) mass is 225 g/mol. The second-order valence-corrected chi connectivity index (χ2v) is 6.44. The van der Waals surface area contributed by atoms with Gasteiger partial charge in [-0.2, -0.15) is 0 Å². The summed E-state index contributed by atoms with van der Waals surface area (Å²) < 4.78 is 6.17. The maximum Gasteiger partial charge on any atom is 0.0848 e. The van der Waals surface area contributed by atoms with Crippen molar-refractivity contribution in [2.24, 2.45) is 11.3 Å². The number of morpholine rings is 1. The first kappa shape index (κ1) is 12.4. The van der Waals surface area contributed by atoms with Crippen LogP contribution >= 0.6 is 0 Å². The van der Waals surface area contributed by atoms with E-state index in [-0.39, 0.29) is 5.60 Å².